The molecule has 0 aliphatic carbocycles. The van der Waals surface area contributed by atoms with Gasteiger partial charge in [0, 0.05) is 37.8 Å². The maximum absolute atomic E-state index is 11.8. The molecule has 0 atom stereocenters. The highest BCUT2D eigenvalue weighted by molar-refractivity contribution is 5.78. The van der Waals surface area contributed by atoms with E-state index in [9.17, 15) is 4.79 Å². The number of likely N-dealkylation sites (tertiary alicyclic amines) is 1. The largest absolute Gasteiger partial charge is 0.367 e. The number of carbonyl (C=O) groups is 1. The molecule has 122 valence electrons. The van der Waals surface area contributed by atoms with Crippen LogP contribution in [0.3, 0.4) is 0 Å². The number of hydrogen-bond acceptors (Lipinski definition) is 2. The standard InChI is InChI=1S/C19H30N2O/c1-5-17(6-2)21(13-12-20-11-7-8-19(20)22)18-10-9-15(3)16(4)14-18/h9-10,14,17H,5-8,11-13H2,1-4H3. The van der Waals surface area contributed by atoms with E-state index in [2.05, 4.69) is 50.8 Å². The lowest BCUT2D eigenvalue weighted by atomic mass is 10.1. The fourth-order valence-corrected chi connectivity index (χ4v) is 3.33. The van der Waals surface area contributed by atoms with Gasteiger partial charge in [0.15, 0.2) is 0 Å². The molecule has 1 aliphatic heterocycles. The van der Waals surface area contributed by atoms with Gasteiger partial charge >= 0.3 is 0 Å². The molecule has 1 fully saturated rings. The third kappa shape index (κ3) is 3.82. The minimum Gasteiger partial charge on any atom is -0.367 e. The van der Waals surface area contributed by atoms with Crippen LogP contribution in [0.2, 0.25) is 0 Å². The van der Waals surface area contributed by atoms with Crippen molar-refractivity contribution in [2.45, 2.75) is 59.4 Å². The third-order valence-electron chi connectivity index (χ3n) is 4.99. The normalized spacial score (nSPS) is 15.0. The number of carbonyl (C=O) groups excluding carboxylic acids is 1. The van der Waals surface area contributed by atoms with Crippen LogP contribution in [-0.4, -0.2) is 36.5 Å². The van der Waals surface area contributed by atoms with E-state index in [1.807, 2.05) is 4.90 Å². The molecule has 1 aromatic rings. The Hall–Kier alpha value is -1.51. The lowest BCUT2D eigenvalue weighted by molar-refractivity contribution is -0.127. The van der Waals surface area contributed by atoms with E-state index in [4.69, 9.17) is 0 Å². The van der Waals surface area contributed by atoms with E-state index in [0.717, 1.165) is 45.3 Å². The monoisotopic (exact) mass is 302 g/mol. The Labute approximate surface area is 135 Å². The summed E-state index contributed by atoms with van der Waals surface area (Å²) in [5.41, 5.74) is 3.97. The molecule has 0 bridgehead atoms. The Kier molecular flexibility index (Phi) is 5.87. The number of amides is 1. The Balaban J connectivity index is 2.14. The fourth-order valence-electron chi connectivity index (χ4n) is 3.33. The van der Waals surface area contributed by atoms with E-state index >= 15 is 0 Å². The number of nitrogens with zero attached hydrogens (tertiary/aromatic N) is 2. The van der Waals surface area contributed by atoms with Gasteiger partial charge in [-0.05, 0) is 56.4 Å². The van der Waals surface area contributed by atoms with Crippen molar-refractivity contribution in [2.75, 3.05) is 24.5 Å². The minimum absolute atomic E-state index is 0.324. The SMILES string of the molecule is CCC(CC)N(CCN1CCCC1=O)c1ccc(C)c(C)c1. The molecule has 1 amide bonds. The van der Waals surface area contributed by atoms with Crippen LogP contribution in [0.15, 0.2) is 18.2 Å². The first-order valence-electron chi connectivity index (χ1n) is 8.68. The second kappa shape index (κ2) is 7.66. The first kappa shape index (κ1) is 16.9. The molecule has 0 unspecified atom stereocenters. The summed E-state index contributed by atoms with van der Waals surface area (Å²) >= 11 is 0. The molecule has 0 spiro atoms. The van der Waals surface area contributed by atoms with Gasteiger partial charge < -0.3 is 9.80 Å². The summed E-state index contributed by atoms with van der Waals surface area (Å²) in [6.07, 6.45) is 4.02. The van der Waals surface area contributed by atoms with Gasteiger partial charge in [-0.2, -0.15) is 0 Å². The molecule has 0 aromatic heterocycles. The smallest absolute Gasteiger partial charge is 0.222 e. The van der Waals surface area contributed by atoms with Crippen LogP contribution in [0.25, 0.3) is 0 Å². The first-order valence-corrected chi connectivity index (χ1v) is 8.68. The molecular formula is C19H30N2O. The van der Waals surface area contributed by atoms with Crippen molar-refractivity contribution >= 4 is 11.6 Å². The number of benzene rings is 1. The molecule has 22 heavy (non-hydrogen) atoms. The molecule has 1 aromatic carbocycles. The number of hydrogen-bond donors (Lipinski definition) is 0. The summed E-state index contributed by atoms with van der Waals surface area (Å²) in [6, 6.07) is 7.27. The van der Waals surface area contributed by atoms with Crippen LogP contribution in [0.1, 0.15) is 50.7 Å². The molecule has 1 saturated heterocycles. The van der Waals surface area contributed by atoms with E-state index in [0.29, 0.717) is 11.9 Å². The van der Waals surface area contributed by atoms with Crippen LogP contribution in [0, 0.1) is 13.8 Å². The maximum atomic E-state index is 11.8. The second-order valence-corrected chi connectivity index (χ2v) is 6.42. The molecule has 2 rings (SSSR count). The van der Waals surface area contributed by atoms with E-state index in [1.54, 1.807) is 0 Å². The van der Waals surface area contributed by atoms with Gasteiger partial charge in [0.1, 0.15) is 0 Å². The molecule has 3 heteroatoms. The van der Waals surface area contributed by atoms with Crippen LogP contribution in [0.4, 0.5) is 5.69 Å². The topological polar surface area (TPSA) is 23.6 Å². The van der Waals surface area contributed by atoms with Gasteiger partial charge in [-0.15, -0.1) is 0 Å². The summed E-state index contributed by atoms with van der Waals surface area (Å²) < 4.78 is 0. The molecule has 0 N–H and O–H groups in total. The zero-order valence-corrected chi connectivity index (χ0v) is 14.6. The average Bonchev–Trinajstić information content (AvgIpc) is 2.92. The zero-order valence-electron chi connectivity index (χ0n) is 14.6. The molecule has 1 aliphatic rings. The molecule has 0 radical (unpaired) electrons. The van der Waals surface area contributed by atoms with Gasteiger partial charge in [-0.25, -0.2) is 0 Å². The lowest BCUT2D eigenvalue weighted by Gasteiger charge is -2.34. The number of aryl methyl sites for hydroxylation is 2. The van der Waals surface area contributed by atoms with Crippen molar-refractivity contribution in [3.05, 3.63) is 29.3 Å². The third-order valence-corrected chi connectivity index (χ3v) is 4.99. The van der Waals surface area contributed by atoms with Crippen LogP contribution in [0.5, 0.6) is 0 Å². The van der Waals surface area contributed by atoms with Gasteiger partial charge in [0.25, 0.3) is 0 Å². The maximum Gasteiger partial charge on any atom is 0.222 e. The van der Waals surface area contributed by atoms with Gasteiger partial charge in [0.2, 0.25) is 5.91 Å². The highest BCUT2D eigenvalue weighted by Crippen LogP contribution is 2.23. The van der Waals surface area contributed by atoms with Gasteiger partial charge in [0.05, 0.1) is 0 Å². The number of anilines is 1. The first-order chi connectivity index (χ1) is 10.6. The Bertz CT molecular complexity index is 508. The molecule has 0 saturated carbocycles. The zero-order chi connectivity index (χ0) is 16.1. The number of rotatable bonds is 7. The highest BCUT2D eigenvalue weighted by atomic mass is 16.2. The van der Waals surface area contributed by atoms with E-state index in [1.165, 1.54) is 16.8 Å². The van der Waals surface area contributed by atoms with Crippen molar-refractivity contribution < 1.29 is 4.79 Å². The summed E-state index contributed by atoms with van der Waals surface area (Å²) in [5.74, 6) is 0.324. The predicted octanol–water partition coefficient (Wildman–Crippen LogP) is 3.92. The lowest BCUT2D eigenvalue weighted by Crippen LogP contribution is -2.41. The van der Waals surface area contributed by atoms with Crippen LogP contribution in [-0.2, 0) is 4.79 Å². The Morgan fingerprint density at radius 3 is 2.45 bits per heavy atom. The Morgan fingerprint density at radius 1 is 1.18 bits per heavy atom. The van der Waals surface area contributed by atoms with Gasteiger partial charge in [-0.1, -0.05) is 19.9 Å². The average molecular weight is 302 g/mol. The minimum atomic E-state index is 0.324. The summed E-state index contributed by atoms with van der Waals surface area (Å²) in [5, 5.41) is 0. The van der Waals surface area contributed by atoms with Crippen molar-refractivity contribution in [3.63, 3.8) is 0 Å². The fraction of sp³-hybridized carbons (Fsp3) is 0.632. The van der Waals surface area contributed by atoms with E-state index < -0.39 is 0 Å². The Morgan fingerprint density at radius 2 is 1.91 bits per heavy atom. The van der Waals surface area contributed by atoms with Crippen molar-refractivity contribution in [2.24, 2.45) is 0 Å². The van der Waals surface area contributed by atoms with Crippen molar-refractivity contribution in [1.29, 1.82) is 0 Å². The van der Waals surface area contributed by atoms with Crippen LogP contribution < -0.4 is 4.90 Å². The quantitative estimate of drug-likeness (QED) is 0.762. The molecule has 3 nitrogen and oxygen atoms in total. The molecular weight excluding hydrogens is 272 g/mol. The van der Waals surface area contributed by atoms with Crippen molar-refractivity contribution in [3.8, 4) is 0 Å². The summed E-state index contributed by atoms with van der Waals surface area (Å²) in [6.45, 7) is 11.6. The molecule has 1 heterocycles. The summed E-state index contributed by atoms with van der Waals surface area (Å²) in [7, 11) is 0. The predicted molar refractivity (Wildman–Crippen MR) is 93.4 cm³/mol. The van der Waals surface area contributed by atoms with Crippen LogP contribution >= 0.6 is 0 Å². The van der Waals surface area contributed by atoms with Gasteiger partial charge in [-0.3, -0.25) is 4.79 Å². The summed E-state index contributed by atoms with van der Waals surface area (Å²) in [4.78, 5) is 16.4. The van der Waals surface area contributed by atoms with E-state index in [-0.39, 0.29) is 0 Å². The highest BCUT2D eigenvalue weighted by Gasteiger charge is 2.22. The second-order valence-electron chi connectivity index (χ2n) is 6.42. The van der Waals surface area contributed by atoms with Crippen molar-refractivity contribution in [1.82, 2.24) is 4.90 Å².